The largest absolute Gasteiger partial charge is 0.451 e. The second kappa shape index (κ2) is 5.66. The molecule has 120 valence electrons. The van der Waals surface area contributed by atoms with E-state index >= 15 is 0 Å². The fourth-order valence-corrected chi connectivity index (χ4v) is 3.41. The lowest BCUT2D eigenvalue weighted by Crippen LogP contribution is -2.46. The van der Waals surface area contributed by atoms with Gasteiger partial charge in [-0.3, -0.25) is 4.79 Å². The van der Waals surface area contributed by atoms with Crippen molar-refractivity contribution in [3.63, 3.8) is 0 Å². The number of nitrogens with zero attached hydrogens (tertiary/aromatic N) is 2. The highest BCUT2D eigenvalue weighted by Crippen LogP contribution is 2.38. The molecule has 1 aromatic rings. The fraction of sp³-hybridized carbons (Fsp3) is 0.750. The Kier molecular flexibility index (Phi) is 3.66. The summed E-state index contributed by atoms with van der Waals surface area (Å²) in [5.74, 6) is 0.738. The van der Waals surface area contributed by atoms with Crippen LogP contribution in [-0.4, -0.2) is 53.8 Å². The van der Waals surface area contributed by atoms with Crippen molar-refractivity contribution in [2.24, 2.45) is 5.92 Å². The van der Waals surface area contributed by atoms with Crippen molar-refractivity contribution in [1.29, 1.82) is 0 Å². The first-order valence-corrected chi connectivity index (χ1v) is 8.17. The molecule has 1 spiro atoms. The van der Waals surface area contributed by atoms with Crippen molar-refractivity contribution in [2.75, 3.05) is 26.3 Å². The number of carbonyl (C=O) groups is 1. The summed E-state index contributed by atoms with van der Waals surface area (Å²) in [6.45, 7) is 3.01. The molecule has 0 N–H and O–H groups in total. The Morgan fingerprint density at radius 2 is 2.23 bits per heavy atom. The Morgan fingerprint density at radius 3 is 2.91 bits per heavy atom. The number of likely N-dealkylation sites (tertiary alicyclic amines) is 1. The van der Waals surface area contributed by atoms with E-state index in [-0.39, 0.29) is 17.6 Å². The van der Waals surface area contributed by atoms with Crippen molar-refractivity contribution < 1.29 is 18.7 Å². The van der Waals surface area contributed by atoms with Gasteiger partial charge in [-0.1, -0.05) is 0 Å². The van der Waals surface area contributed by atoms with Gasteiger partial charge in [-0.2, -0.15) is 0 Å². The summed E-state index contributed by atoms with van der Waals surface area (Å²) < 4.78 is 16.9. The molecule has 1 aliphatic carbocycles. The predicted octanol–water partition coefficient (Wildman–Crippen LogP) is 1.86. The first kappa shape index (κ1) is 14.2. The molecular weight excluding hydrogens is 284 g/mol. The average molecular weight is 306 g/mol. The SMILES string of the molecule is O=C(c1cocn1)N1CCC2(CC1)C[C@H](OCC1CC1)CO2. The van der Waals surface area contributed by atoms with E-state index in [9.17, 15) is 4.79 Å². The molecule has 4 rings (SSSR count). The summed E-state index contributed by atoms with van der Waals surface area (Å²) in [4.78, 5) is 18.0. The van der Waals surface area contributed by atoms with E-state index in [0.717, 1.165) is 31.8 Å². The van der Waals surface area contributed by atoms with Crippen LogP contribution in [0.25, 0.3) is 0 Å². The van der Waals surface area contributed by atoms with Crippen LogP contribution >= 0.6 is 0 Å². The molecule has 3 heterocycles. The lowest BCUT2D eigenvalue weighted by molar-refractivity contribution is -0.0411. The van der Waals surface area contributed by atoms with E-state index < -0.39 is 0 Å². The number of oxazole rings is 1. The molecule has 1 atom stereocenters. The van der Waals surface area contributed by atoms with Gasteiger partial charge < -0.3 is 18.8 Å². The molecule has 1 aromatic heterocycles. The molecule has 0 unspecified atom stereocenters. The number of aromatic nitrogens is 1. The zero-order chi connectivity index (χ0) is 15.0. The molecule has 3 aliphatic rings. The number of amides is 1. The van der Waals surface area contributed by atoms with Crippen LogP contribution in [0.4, 0.5) is 0 Å². The van der Waals surface area contributed by atoms with E-state index in [1.807, 2.05) is 4.90 Å². The van der Waals surface area contributed by atoms with Crippen molar-refractivity contribution in [2.45, 2.75) is 43.8 Å². The Labute approximate surface area is 129 Å². The van der Waals surface area contributed by atoms with Crippen LogP contribution in [0.2, 0.25) is 0 Å². The predicted molar refractivity (Wildman–Crippen MR) is 77.4 cm³/mol. The summed E-state index contributed by atoms with van der Waals surface area (Å²) >= 11 is 0. The third-order valence-corrected chi connectivity index (χ3v) is 5.05. The average Bonchev–Trinajstić information content (AvgIpc) is 3.06. The highest BCUT2D eigenvalue weighted by Gasteiger charge is 2.44. The zero-order valence-electron chi connectivity index (χ0n) is 12.7. The number of piperidine rings is 1. The van der Waals surface area contributed by atoms with Crippen molar-refractivity contribution >= 4 is 5.91 Å². The minimum Gasteiger partial charge on any atom is -0.451 e. The number of hydrogen-bond donors (Lipinski definition) is 0. The van der Waals surface area contributed by atoms with E-state index in [0.29, 0.717) is 25.4 Å². The highest BCUT2D eigenvalue weighted by atomic mass is 16.6. The van der Waals surface area contributed by atoms with E-state index in [1.165, 1.54) is 25.5 Å². The number of carbonyl (C=O) groups excluding carboxylic acids is 1. The number of hydrogen-bond acceptors (Lipinski definition) is 5. The van der Waals surface area contributed by atoms with Crippen LogP contribution in [0.15, 0.2) is 17.1 Å². The third-order valence-electron chi connectivity index (χ3n) is 5.05. The first-order valence-electron chi connectivity index (χ1n) is 8.17. The van der Waals surface area contributed by atoms with Gasteiger partial charge >= 0.3 is 0 Å². The molecule has 6 heteroatoms. The van der Waals surface area contributed by atoms with Gasteiger partial charge in [0.15, 0.2) is 12.1 Å². The van der Waals surface area contributed by atoms with Crippen LogP contribution in [0.5, 0.6) is 0 Å². The summed E-state index contributed by atoms with van der Waals surface area (Å²) in [7, 11) is 0. The monoisotopic (exact) mass is 306 g/mol. The Bertz CT molecular complexity index is 518. The summed E-state index contributed by atoms with van der Waals surface area (Å²) in [5.41, 5.74) is 0.295. The molecular formula is C16H22N2O4. The standard InChI is InChI=1S/C16H22N2O4/c19-15(14-10-20-11-17-14)18-5-3-16(4-6-18)7-13(9-22-16)21-8-12-1-2-12/h10-13H,1-9H2/t13-/m0/s1. The van der Waals surface area contributed by atoms with E-state index in [2.05, 4.69) is 4.98 Å². The van der Waals surface area contributed by atoms with Crippen LogP contribution in [0.1, 0.15) is 42.6 Å². The minimum atomic E-state index is -0.0885. The molecule has 0 aromatic carbocycles. The van der Waals surface area contributed by atoms with Crippen LogP contribution in [0, 0.1) is 5.92 Å². The number of rotatable bonds is 4. The van der Waals surface area contributed by atoms with Crippen molar-refractivity contribution in [3.8, 4) is 0 Å². The van der Waals surface area contributed by atoms with Gasteiger partial charge in [0.05, 0.1) is 18.3 Å². The quantitative estimate of drug-likeness (QED) is 0.849. The van der Waals surface area contributed by atoms with Gasteiger partial charge in [0, 0.05) is 26.1 Å². The highest BCUT2D eigenvalue weighted by molar-refractivity contribution is 5.91. The molecule has 0 radical (unpaired) electrons. The zero-order valence-corrected chi connectivity index (χ0v) is 12.7. The third kappa shape index (κ3) is 2.90. The maximum absolute atomic E-state index is 12.3. The van der Waals surface area contributed by atoms with Gasteiger partial charge in [-0.05, 0) is 31.6 Å². The second-order valence-electron chi connectivity index (χ2n) is 6.76. The van der Waals surface area contributed by atoms with E-state index in [4.69, 9.17) is 13.9 Å². The number of ether oxygens (including phenoxy) is 2. The molecule has 0 bridgehead atoms. The second-order valence-corrected chi connectivity index (χ2v) is 6.76. The Balaban J connectivity index is 1.29. The molecule has 6 nitrogen and oxygen atoms in total. The van der Waals surface area contributed by atoms with E-state index in [1.54, 1.807) is 0 Å². The molecule has 2 saturated heterocycles. The maximum Gasteiger partial charge on any atom is 0.275 e. The Hall–Kier alpha value is -1.40. The van der Waals surface area contributed by atoms with Crippen LogP contribution in [-0.2, 0) is 9.47 Å². The first-order chi connectivity index (χ1) is 10.7. The summed E-state index contributed by atoms with van der Waals surface area (Å²) in [6.07, 6.45) is 8.28. The van der Waals surface area contributed by atoms with Crippen LogP contribution in [0.3, 0.4) is 0 Å². The van der Waals surface area contributed by atoms with Crippen molar-refractivity contribution in [3.05, 3.63) is 18.4 Å². The Morgan fingerprint density at radius 1 is 1.41 bits per heavy atom. The minimum absolute atomic E-state index is 0.0527. The lowest BCUT2D eigenvalue weighted by atomic mass is 9.88. The smallest absolute Gasteiger partial charge is 0.275 e. The molecule has 1 amide bonds. The summed E-state index contributed by atoms with van der Waals surface area (Å²) in [5, 5.41) is 0. The van der Waals surface area contributed by atoms with Gasteiger partial charge in [0.2, 0.25) is 0 Å². The summed E-state index contributed by atoms with van der Waals surface area (Å²) in [6, 6.07) is 0. The topological polar surface area (TPSA) is 64.8 Å². The maximum atomic E-state index is 12.3. The van der Waals surface area contributed by atoms with Gasteiger partial charge in [-0.25, -0.2) is 4.98 Å². The van der Waals surface area contributed by atoms with Crippen molar-refractivity contribution in [1.82, 2.24) is 9.88 Å². The van der Waals surface area contributed by atoms with Gasteiger partial charge in [0.25, 0.3) is 5.91 Å². The molecule has 3 fully saturated rings. The lowest BCUT2D eigenvalue weighted by Gasteiger charge is -2.38. The molecule has 1 saturated carbocycles. The van der Waals surface area contributed by atoms with Gasteiger partial charge in [-0.15, -0.1) is 0 Å². The van der Waals surface area contributed by atoms with Crippen LogP contribution < -0.4 is 0 Å². The fourth-order valence-electron chi connectivity index (χ4n) is 3.41. The molecule has 22 heavy (non-hydrogen) atoms. The normalized spacial score (nSPS) is 27.5. The molecule has 2 aliphatic heterocycles. The van der Waals surface area contributed by atoms with Gasteiger partial charge in [0.1, 0.15) is 6.26 Å².